The van der Waals surface area contributed by atoms with Crippen LogP contribution in [0, 0.1) is 0 Å². The van der Waals surface area contributed by atoms with Crippen molar-refractivity contribution in [2.45, 2.75) is 32.9 Å². The molecule has 0 saturated carbocycles. The number of carboxylic acids is 1. The predicted molar refractivity (Wildman–Crippen MR) is 83.8 cm³/mol. The van der Waals surface area contributed by atoms with E-state index in [0.717, 1.165) is 43.6 Å². The largest absolute Gasteiger partial charge is 0.478 e. The molecule has 1 aliphatic heterocycles. The second kappa shape index (κ2) is 5.93. The van der Waals surface area contributed by atoms with Gasteiger partial charge >= 0.3 is 5.97 Å². The maximum absolute atomic E-state index is 11.3. The van der Waals surface area contributed by atoms with E-state index in [1.165, 1.54) is 11.3 Å². The maximum atomic E-state index is 11.3. The number of nitrogens with zero attached hydrogens (tertiary/aromatic N) is 3. The van der Waals surface area contributed by atoms with Crippen molar-refractivity contribution in [2.75, 3.05) is 6.54 Å². The highest BCUT2D eigenvalue weighted by atomic mass is 16.4. The van der Waals surface area contributed by atoms with Crippen molar-refractivity contribution < 1.29 is 9.90 Å². The van der Waals surface area contributed by atoms with Crippen LogP contribution in [0.1, 0.15) is 39.7 Å². The molecular formula is C17H21N3O2. The molecule has 2 aromatic rings. The number of fused-ring (bicyclic) bond motifs is 1. The molecule has 0 radical (unpaired) electrons. The lowest BCUT2D eigenvalue weighted by Gasteiger charge is -2.29. The molecule has 0 amide bonds. The molecule has 1 aromatic heterocycles. The number of aromatic nitrogens is 2. The average Bonchev–Trinajstić information content (AvgIpc) is 2.86. The van der Waals surface area contributed by atoms with Gasteiger partial charge in [0.25, 0.3) is 0 Å². The Balaban J connectivity index is 1.80. The fourth-order valence-electron chi connectivity index (χ4n) is 3.34. The molecule has 1 N–H and O–H groups in total. The van der Waals surface area contributed by atoms with Crippen molar-refractivity contribution in [1.82, 2.24) is 14.7 Å². The summed E-state index contributed by atoms with van der Waals surface area (Å²) in [6.45, 7) is 4.70. The molecule has 2 heterocycles. The quantitative estimate of drug-likeness (QED) is 0.940. The van der Waals surface area contributed by atoms with Gasteiger partial charge in [-0.05, 0) is 30.0 Å². The van der Waals surface area contributed by atoms with E-state index < -0.39 is 5.97 Å². The average molecular weight is 299 g/mol. The van der Waals surface area contributed by atoms with E-state index in [2.05, 4.69) is 16.9 Å². The van der Waals surface area contributed by atoms with E-state index in [4.69, 9.17) is 0 Å². The van der Waals surface area contributed by atoms with Crippen molar-refractivity contribution in [1.29, 1.82) is 0 Å². The van der Waals surface area contributed by atoms with E-state index in [1.54, 1.807) is 6.07 Å². The number of benzene rings is 1. The highest BCUT2D eigenvalue weighted by Gasteiger charge is 2.22. The van der Waals surface area contributed by atoms with Crippen molar-refractivity contribution >= 4 is 5.97 Å². The normalized spacial score (nSPS) is 14.8. The van der Waals surface area contributed by atoms with E-state index >= 15 is 0 Å². The van der Waals surface area contributed by atoms with Crippen LogP contribution in [0.2, 0.25) is 0 Å². The number of hydrogen-bond donors (Lipinski definition) is 1. The Morgan fingerprint density at radius 3 is 2.95 bits per heavy atom. The number of carbonyl (C=O) groups is 1. The van der Waals surface area contributed by atoms with Gasteiger partial charge < -0.3 is 5.11 Å². The first-order valence-corrected chi connectivity index (χ1v) is 7.66. The second-order valence-corrected chi connectivity index (χ2v) is 5.80. The summed E-state index contributed by atoms with van der Waals surface area (Å²) < 4.78 is 1.94. The minimum absolute atomic E-state index is 0.452. The molecule has 3 rings (SSSR count). The summed E-state index contributed by atoms with van der Waals surface area (Å²) in [7, 11) is 1.98. The van der Waals surface area contributed by atoms with Gasteiger partial charge in [0.1, 0.15) is 0 Å². The van der Waals surface area contributed by atoms with Gasteiger partial charge in [-0.3, -0.25) is 9.58 Å². The van der Waals surface area contributed by atoms with Crippen LogP contribution in [0.5, 0.6) is 0 Å². The van der Waals surface area contributed by atoms with Crippen molar-refractivity contribution in [3.05, 3.63) is 52.3 Å². The second-order valence-electron chi connectivity index (χ2n) is 5.80. The third-order valence-electron chi connectivity index (χ3n) is 4.45. The Morgan fingerprint density at radius 2 is 2.23 bits per heavy atom. The smallest absolute Gasteiger partial charge is 0.335 e. The van der Waals surface area contributed by atoms with Crippen molar-refractivity contribution in [2.24, 2.45) is 7.05 Å². The molecule has 0 fully saturated rings. The minimum atomic E-state index is -0.828. The van der Waals surface area contributed by atoms with Crippen LogP contribution in [-0.2, 0) is 33.0 Å². The van der Waals surface area contributed by atoms with Gasteiger partial charge in [-0.15, -0.1) is 0 Å². The van der Waals surface area contributed by atoms with Crippen molar-refractivity contribution in [3.63, 3.8) is 0 Å². The first kappa shape index (κ1) is 14.8. The molecule has 0 aliphatic carbocycles. The summed E-state index contributed by atoms with van der Waals surface area (Å²) in [6.07, 6.45) is 3.71. The molecule has 5 heteroatoms. The van der Waals surface area contributed by atoms with E-state index in [-0.39, 0.29) is 0 Å². The van der Waals surface area contributed by atoms with Crippen LogP contribution in [0.3, 0.4) is 0 Å². The lowest BCUT2D eigenvalue weighted by molar-refractivity contribution is 0.0694. The molecule has 1 aromatic carbocycles. The van der Waals surface area contributed by atoms with Gasteiger partial charge in [0.2, 0.25) is 0 Å². The monoisotopic (exact) mass is 299 g/mol. The van der Waals surface area contributed by atoms with Gasteiger partial charge in [-0.25, -0.2) is 4.79 Å². The number of aromatic carboxylic acids is 1. The van der Waals surface area contributed by atoms with Gasteiger partial charge in [0, 0.05) is 37.9 Å². The molecule has 0 spiro atoms. The first-order chi connectivity index (χ1) is 10.6. The van der Waals surface area contributed by atoms with Crippen LogP contribution in [-0.4, -0.2) is 32.3 Å². The summed E-state index contributed by atoms with van der Waals surface area (Å²) in [5.74, 6) is -0.828. The summed E-state index contributed by atoms with van der Waals surface area (Å²) in [6, 6.07) is 5.58. The summed E-state index contributed by atoms with van der Waals surface area (Å²) in [4.78, 5) is 13.7. The fourth-order valence-corrected chi connectivity index (χ4v) is 3.34. The van der Waals surface area contributed by atoms with Gasteiger partial charge in [0.05, 0.1) is 11.8 Å². The third-order valence-corrected chi connectivity index (χ3v) is 4.45. The molecule has 1 aliphatic rings. The van der Waals surface area contributed by atoms with E-state index in [0.29, 0.717) is 5.56 Å². The van der Waals surface area contributed by atoms with Gasteiger partial charge in [-0.1, -0.05) is 19.1 Å². The molecule has 22 heavy (non-hydrogen) atoms. The molecule has 0 atom stereocenters. The van der Waals surface area contributed by atoms with Gasteiger partial charge in [0.15, 0.2) is 0 Å². The van der Waals surface area contributed by atoms with E-state index in [9.17, 15) is 9.90 Å². The molecule has 116 valence electrons. The molecule has 0 unspecified atom stereocenters. The maximum Gasteiger partial charge on any atom is 0.335 e. The Kier molecular flexibility index (Phi) is 3.98. The number of rotatable bonds is 4. The highest BCUT2D eigenvalue weighted by Crippen LogP contribution is 2.24. The lowest BCUT2D eigenvalue weighted by Crippen LogP contribution is -2.31. The lowest BCUT2D eigenvalue weighted by atomic mass is 9.94. The number of hydrogen-bond acceptors (Lipinski definition) is 3. The van der Waals surface area contributed by atoms with Crippen molar-refractivity contribution in [3.8, 4) is 0 Å². The summed E-state index contributed by atoms with van der Waals surface area (Å²) in [5.41, 5.74) is 5.11. The Morgan fingerprint density at radius 1 is 1.41 bits per heavy atom. The standard InChI is InChI=1S/C17H21N3O2/c1-3-16-13(9-18-19(16)2)11-20-8-7-14-12(10-20)5-4-6-15(14)17(21)22/h4-6,9H,3,7-8,10-11H2,1-2H3,(H,21,22). The van der Waals surface area contributed by atoms with Crippen LogP contribution < -0.4 is 0 Å². The SMILES string of the molecule is CCc1c(CN2CCc3c(cccc3C(=O)O)C2)cnn1C. The van der Waals surface area contributed by atoms with Crippen LogP contribution in [0.15, 0.2) is 24.4 Å². The number of carboxylic acid groups (broad SMARTS) is 1. The Labute approximate surface area is 130 Å². The van der Waals surface area contributed by atoms with Crippen LogP contribution >= 0.6 is 0 Å². The topological polar surface area (TPSA) is 58.4 Å². The zero-order valence-electron chi connectivity index (χ0n) is 13.0. The molecule has 5 nitrogen and oxygen atoms in total. The Bertz CT molecular complexity index is 706. The fraction of sp³-hybridized carbons (Fsp3) is 0.412. The first-order valence-electron chi connectivity index (χ1n) is 7.66. The highest BCUT2D eigenvalue weighted by molar-refractivity contribution is 5.89. The summed E-state index contributed by atoms with van der Waals surface area (Å²) in [5, 5.41) is 13.6. The Hall–Kier alpha value is -2.14. The van der Waals surface area contributed by atoms with E-state index in [1.807, 2.05) is 30.1 Å². The zero-order chi connectivity index (χ0) is 15.7. The van der Waals surface area contributed by atoms with Crippen LogP contribution in [0.25, 0.3) is 0 Å². The van der Waals surface area contributed by atoms with Crippen LogP contribution in [0.4, 0.5) is 0 Å². The minimum Gasteiger partial charge on any atom is -0.478 e. The predicted octanol–water partition coefficient (Wildman–Crippen LogP) is 2.24. The molecule has 0 bridgehead atoms. The molecule has 0 saturated heterocycles. The third kappa shape index (κ3) is 2.64. The number of aryl methyl sites for hydroxylation is 1. The summed E-state index contributed by atoms with van der Waals surface area (Å²) >= 11 is 0. The molecular weight excluding hydrogens is 278 g/mol. The van der Waals surface area contributed by atoms with Gasteiger partial charge in [-0.2, -0.15) is 5.10 Å². The zero-order valence-corrected chi connectivity index (χ0v) is 13.0.